The zero-order valence-electron chi connectivity index (χ0n) is 11.6. The minimum absolute atomic E-state index is 0.0705. The molecule has 0 spiro atoms. The van der Waals surface area contributed by atoms with E-state index in [4.69, 9.17) is 25.8 Å². The molecule has 20 heavy (non-hydrogen) atoms. The second-order valence-corrected chi connectivity index (χ2v) is 4.73. The van der Waals surface area contributed by atoms with Gasteiger partial charge in [-0.15, -0.1) is 0 Å². The Balaban J connectivity index is 2.29. The smallest absolute Gasteiger partial charge is 0.254 e. The average Bonchev–Trinajstić information content (AvgIpc) is 2.47. The van der Waals surface area contributed by atoms with E-state index < -0.39 is 0 Å². The highest BCUT2D eigenvalue weighted by atomic mass is 35.5. The van der Waals surface area contributed by atoms with Crippen molar-refractivity contribution in [3.8, 4) is 11.5 Å². The highest BCUT2D eigenvalue weighted by molar-refractivity contribution is 6.32. The van der Waals surface area contributed by atoms with Gasteiger partial charge in [0.05, 0.1) is 32.0 Å². The molecule has 2 rings (SSSR count). The Morgan fingerprint density at radius 1 is 1.40 bits per heavy atom. The SMILES string of the molecule is CCOc1cc(C(=O)N2CCOCC2)cc(Cl)c1OC. The fourth-order valence-electron chi connectivity index (χ4n) is 2.10. The topological polar surface area (TPSA) is 48.0 Å². The van der Waals surface area contributed by atoms with Gasteiger partial charge in [-0.2, -0.15) is 0 Å². The summed E-state index contributed by atoms with van der Waals surface area (Å²) in [5, 5.41) is 0.370. The summed E-state index contributed by atoms with van der Waals surface area (Å²) in [5.74, 6) is 0.866. The first-order valence-corrected chi connectivity index (χ1v) is 6.92. The van der Waals surface area contributed by atoms with Gasteiger partial charge in [0, 0.05) is 18.7 Å². The van der Waals surface area contributed by atoms with Crippen LogP contribution < -0.4 is 9.47 Å². The van der Waals surface area contributed by atoms with E-state index in [0.717, 1.165) is 0 Å². The Morgan fingerprint density at radius 3 is 2.70 bits per heavy atom. The molecule has 1 fully saturated rings. The summed E-state index contributed by atoms with van der Waals surface area (Å²) in [4.78, 5) is 14.2. The number of rotatable bonds is 4. The summed E-state index contributed by atoms with van der Waals surface area (Å²) in [6, 6.07) is 3.28. The molecular formula is C14H18ClNO4. The number of morpholine rings is 1. The molecule has 0 aliphatic carbocycles. The Kier molecular flexibility index (Phi) is 5.09. The molecule has 0 atom stereocenters. The van der Waals surface area contributed by atoms with Gasteiger partial charge in [0.25, 0.3) is 5.91 Å². The van der Waals surface area contributed by atoms with Crippen LogP contribution in [-0.4, -0.2) is 50.8 Å². The predicted molar refractivity (Wildman–Crippen MR) is 75.9 cm³/mol. The maximum atomic E-state index is 12.4. The lowest BCUT2D eigenvalue weighted by Gasteiger charge is -2.27. The van der Waals surface area contributed by atoms with Crippen molar-refractivity contribution >= 4 is 17.5 Å². The van der Waals surface area contributed by atoms with Crippen LogP contribution in [0, 0.1) is 0 Å². The van der Waals surface area contributed by atoms with Crippen LogP contribution in [0.15, 0.2) is 12.1 Å². The van der Waals surface area contributed by atoms with Crippen LogP contribution in [0.4, 0.5) is 0 Å². The highest BCUT2D eigenvalue weighted by Crippen LogP contribution is 2.36. The number of benzene rings is 1. The number of methoxy groups -OCH3 is 1. The van der Waals surface area contributed by atoms with Crippen molar-refractivity contribution in [2.75, 3.05) is 40.0 Å². The Morgan fingerprint density at radius 2 is 2.10 bits per heavy atom. The van der Waals surface area contributed by atoms with Gasteiger partial charge < -0.3 is 19.1 Å². The third-order valence-corrected chi connectivity index (χ3v) is 3.34. The number of nitrogens with zero attached hydrogens (tertiary/aromatic N) is 1. The van der Waals surface area contributed by atoms with Crippen molar-refractivity contribution in [1.29, 1.82) is 0 Å². The van der Waals surface area contributed by atoms with Crippen LogP contribution in [0.1, 0.15) is 17.3 Å². The van der Waals surface area contributed by atoms with E-state index in [1.165, 1.54) is 7.11 Å². The minimum Gasteiger partial charge on any atom is -0.491 e. The van der Waals surface area contributed by atoms with Crippen molar-refractivity contribution in [1.82, 2.24) is 4.90 Å². The molecule has 0 saturated carbocycles. The van der Waals surface area contributed by atoms with Crippen LogP contribution in [0.2, 0.25) is 5.02 Å². The number of hydrogen-bond acceptors (Lipinski definition) is 4. The van der Waals surface area contributed by atoms with E-state index in [9.17, 15) is 4.79 Å². The van der Waals surface area contributed by atoms with Crippen molar-refractivity contribution < 1.29 is 19.0 Å². The Bertz CT molecular complexity index is 486. The molecule has 1 aliphatic heterocycles. The first-order valence-electron chi connectivity index (χ1n) is 6.54. The highest BCUT2D eigenvalue weighted by Gasteiger charge is 2.21. The van der Waals surface area contributed by atoms with Gasteiger partial charge in [0.15, 0.2) is 11.5 Å². The summed E-state index contributed by atoms with van der Waals surface area (Å²) < 4.78 is 15.9. The van der Waals surface area contributed by atoms with E-state index in [1.807, 2.05) is 6.92 Å². The normalized spacial score (nSPS) is 15.1. The fourth-order valence-corrected chi connectivity index (χ4v) is 2.39. The van der Waals surface area contributed by atoms with Crippen molar-refractivity contribution in [3.63, 3.8) is 0 Å². The average molecular weight is 300 g/mol. The lowest BCUT2D eigenvalue weighted by molar-refractivity contribution is 0.0302. The quantitative estimate of drug-likeness (QED) is 0.855. The summed E-state index contributed by atoms with van der Waals surface area (Å²) in [7, 11) is 1.52. The first-order chi connectivity index (χ1) is 9.67. The summed E-state index contributed by atoms with van der Waals surface area (Å²) in [6.45, 7) is 4.65. The first kappa shape index (κ1) is 14.9. The number of carbonyl (C=O) groups excluding carboxylic acids is 1. The summed E-state index contributed by atoms with van der Waals surface area (Å²) in [5.41, 5.74) is 0.501. The molecule has 5 nitrogen and oxygen atoms in total. The standard InChI is InChI=1S/C14H18ClNO4/c1-3-20-12-9-10(8-11(15)13(12)18-2)14(17)16-4-6-19-7-5-16/h8-9H,3-7H2,1-2H3. The lowest BCUT2D eigenvalue weighted by atomic mass is 10.1. The van der Waals surface area contributed by atoms with Gasteiger partial charge in [0.1, 0.15) is 0 Å². The molecule has 1 heterocycles. The summed E-state index contributed by atoms with van der Waals surface area (Å²) in [6.07, 6.45) is 0. The van der Waals surface area contributed by atoms with Gasteiger partial charge in [-0.05, 0) is 19.1 Å². The number of hydrogen-bond donors (Lipinski definition) is 0. The molecule has 1 aromatic carbocycles. The molecule has 0 unspecified atom stereocenters. The molecule has 1 amide bonds. The van der Waals surface area contributed by atoms with Crippen LogP contribution in [0.25, 0.3) is 0 Å². The van der Waals surface area contributed by atoms with Gasteiger partial charge >= 0.3 is 0 Å². The third kappa shape index (κ3) is 3.16. The molecule has 0 N–H and O–H groups in total. The molecule has 0 aromatic heterocycles. The molecule has 1 aliphatic rings. The van der Waals surface area contributed by atoms with Gasteiger partial charge in [-0.25, -0.2) is 0 Å². The maximum Gasteiger partial charge on any atom is 0.254 e. The molecule has 1 aromatic rings. The largest absolute Gasteiger partial charge is 0.491 e. The summed E-state index contributed by atoms with van der Waals surface area (Å²) >= 11 is 6.15. The molecule has 0 bridgehead atoms. The molecule has 6 heteroatoms. The Hall–Kier alpha value is -1.46. The van der Waals surface area contributed by atoms with Crippen LogP contribution in [0.5, 0.6) is 11.5 Å². The molecular weight excluding hydrogens is 282 g/mol. The van der Waals surface area contributed by atoms with E-state index in [-0.39, 0.29) is 5.91 Å². The van der Waals surface area contributed by atoms with E-state index in [0.29, 0.717) is 55.0 Å². The molecule has 1 saturated heterocycles. The monoisotopic (exact) mass is 299 g/mol. The van der Waals surface area contributed by atoms with E-state index >= 15 is 0 Å². The van der Waals surface area contributed by atoms with Crippen LogP contribution >= 0.6 is 11.6 Å². The predicted octanol–water partition coefficient (Wildman–Crippen LogP) is 2.22. The fraction of sp³-hybridized carbons (Fsp3) is 0.500. The van der Waals surface area contributed by atoms with E-state index in [1.54, 1.807) is 17.0 Å². The van der Waals surface area contributed by atoms with Crippen molar-refractivity contribution in [2.24, 2.45) is 0 Å². The second-order valence-electron chi connectivity index (χ2n) is 4.33. The lowest BCUT2D eigenvalue weighted by Crippen LogP contribution is -2.40. The minimum atomic E-state index is -0.0705. The number of carbonyl (C=O) groups is 1. The van der Waals surface area contributed by atoms with Crippen LogP contribution in [0.3, 0.4) is 0 Å². The van der Waals surface area contributed by atoms with Gasteiger partial charge in [0.2, 0.25) is 0 Å². The maximum absolute atomic E-state index is 12.4. The number of amides is 1. The van der Waals surface area contributed by atoms with E-state index in [2.05, 4.69) is 0 Å². The number of halogens is 1. The number of ether oxygens (including phenoxy) is 3. The van der Waals surface area contributed by atoms with Crippen molar-refractivity contribution in [2.45, 2.75) is 6.92 Å². The van der Waals surface area contributed by atoms with Crippen LogP contribution in [-0.2, 0) is 4.74 Å². The van der Waals surface area contributed by atoms with Gasteiger partial charge in [-0.3, -0.25) is 4.79 Å². The second kappa shape index (κ2) is 6.81. The third-order valence-electron chi connectivity index (χ3n) is 3.06. The Labute approximate surface area is 123 Å². The molecule has 110 valence electrons. The zero-order valence-corrected chi connectivity index (χ0v) is 12.4. The molecule has 0 radical (unpaired) electrons. The van der Waals surface area contributed by atoms with Crippen molar-refractivity contribution in [3.05, 3.63) is 22.7 Å². The zero-order chi connectivity index (χ0) is 14.5. The van der Waals surface area contributed by atoms with Gasteiger partial charge in [-0.1, -0.05) is 11.6 Å².